The largest absolute Gasteiger partial charge is 0.377 e. The average molecular weight is 267 g/mol. The molecule has 0 unspecified atom stereocenters. The van der Waals surface area contributed by atoms with E-state index in [1.165, 1.54) is 6.33 Å². The van der Waals surface area contributed by atoms with Gasteiger partial charge in [-0.05, 0) is 13.8 Å². The summed E-state index contributed by atoms with van der Waals surface area (Å²) in [7, 11) is 1.60. The van der Waals surface area contributed by atoms with Crippen molar-refractivity contribution in [1.82, 2.24) is 9.97 Å². The van der Waals surface area contributed by atoms with E-state index in [0.717, 1.165) is 0 Å². The third-order valence-electron chi connectivity index (χ3n) is 3.12. The average Bonchev–Trinajstić information content (AvgIpc) is 2.37. The van der Waals surface area contributed by atoms with Crippen LogP contribution in [-0.2, 0) is 4.74 Å². The SMILES string of the molecule is CNc1ncnc(N2CCOCC2(C)C)c1[N+](=O)[O-]. The summed E-state index contributed by atoms with van der Waals surface area (Å²) in [5.41, 5.74) is -0.442. The zero-order chi connectivity index (χ0) is 14.0. The van der Waals surface area contributed by atoms with E-state index >= 15 is 0 Å². The number of morpholine rings is 1. The molecule has 0 amide bonds. The minimum absolute atomic E-state index is 0.0972. The topological polar surface area (TPSA) is 93.4 Å². The van der Waals surface area contributed by atoms with Crippen molar-refractivity contribution in [3.63, 3.8) is 0 Å². The fourth-order valence-electron chi connectivity index (χ4n) is 2.17. The molecular weight excluding hydrogens is 250 g/mol. The van der Waals surface area contributed by atoms with Gasteiger partial charge in [-0.1, -0.05) is 0 Å². The lowest BCUT2D eigenvalue weighted by Crippen LogP contribution is -2.53. The maximum absolute atomic E-state index is 11.3. The molecular formula is C11H17N5O3. The molecule has 1 aromatic heterocycles. The van der Waals surface area contributed by atoms with Crippen LogP contribution >= 0.6 is 0 Å². The van der Waals surface area contributed by atoms with Crippen LogP contribution in [-0.4, -0.2) is 47.2 Å². The van der Waals surface area contributed by atoms with Crippen molar-refractivity contribution >= 4 is 17.3 Å². The molecule has 0 spiro atoms. The third kappa shape index (κ3) is 2.43. The Kier molecular flexibility index (Phi) is 3.52. The number of nitro groups is 1. The van der Waals surface area contributed by atoms with E-state index in [0.29, 0.717) is 25.6 Å². The summed E-state index contributed by atoms with van der Waals surface area (Å²) in [6.07, 6.45) is 1.33. The van der Waals surface area contributed by atoms with Gasteiger partial charge in [0.1, 0.15) is 6.33 Å². The minimum Gasteiger partial charge on any atom is -0.377 e. The summed E-state index contributed by atoms with van der Waals surface area (Å²) in [4.78, 5) is 20.7. The summed E-state index contributed by atoms with van der Waals surface area (Å²) in [5, 5.41) is 14.0. The lowest BCUT2D eigenvalue weighted by Gasteiger charge is -2.42. The number of hydrogen-bond acceptors (Lipinski definition) is 7. The molecule has 1 fully saturated rings. The molecule has 0 saturated carbocycles. The van der Waals surface area contributed by atoms with Gasteiger partial charge < -0.3 is 15.0 Å². The van der Waals surface area contributed by atoms with Crippen molar-refractivity contribution in [3.8, 4) is 0 Å². The van der Waals surface area contributed by atoms with E-state index in [-0.39, 0.29) is 17.0 Å². The van der Waals surface area contributed by atoms with Crippen LogP contribution in [0.5, 0.6) is 0 Å². The van der Waals surface area contributed by atoms with Gasteiger partial charge in [-0.25, -0.2) is 9.97 Å². The van der Waals surface area contributed by atoms with E-state index in [2.05, 4.69) is 15.3 Å². The summed E-state index contributed by atoms with van der Waals surface area (Å²) < 4.78 is 5.42. The smallest absolute Gasteiger partial charge is 0.353 e. The van der Waals surface area contributed by atoms with Crippen LogP contribution in [0.25, 0.3) is 0 Å². The predicted molar refractivity (Wildman–Crippen MR) is 70.5 cm³/mol. The molecule has 0 atom stereocenters. The first kappa shape index (κ1) is 13.5. The van der Waals surface area contributed by atoms with Gasteiger partial charge in [-0.3, -0.25) is 10.1 Å². The van der Waals surface area contributed by atoms with Crippen LogP contribution in [0, 0.1) is 10.1 Å². The fraction of sp³-hybridized carbons (Fsp3) is 0.636. The molecule has 2 heterocycles. The number of aromatic nitrogens is 2. The Morgan fingerprint density at radius 3 is 2.84 bits per heavy atom. The lowest BCUT2D eigenvalue weighted by atomic mass is 10.0. The zero-order valence-corrected chi connectivity index (χ0v) is 11.2. The zero-order valence-electron chi connectivity index (χ0n) is 11.2. The highest BCUT2D eigenvalue weighted by atomic mass is 16.6. The highest BCUT2D eigenvalue weighted by molar-refractivity contribution is 5.70. The summed E-state index contributed by atoms with van der Waals surface area (Å²) in [6.45, 7) is 5.53. The van der Waals surface area contributed by atoms with Crippen LogP contribution in [0.1, 0.15) is 13.8 Å². The van der Waals surface area contributed by atoms with Gasteiger partial charge >= 0.3 is 5.69 Å². The number of nitrogens with zero attached hydrogens (tertiary/aromatic N) is 4. The summed E-state index contributed by atoms with van der Waals surface area (Å²) >= 11 is 0. The quantitative estimate of drug-likeness (QED) is 0.646. The van der Waals surface area contributed by atoms with E-state index < -0.39 is 4.92 Å². The Morgan fingerprint density at radius 2 is 2.26 bits per heavy atom. The van der Waals surface area contributed by atoms with Gasteiger partial charge in [0, 0.05) is 13.6 Å². The van der Waals surface area contributed by atoms with Gasteiger partial charge in [0.25, 0.3) is 0 Å². The van der Waals surface area contributed by atoms with Crippen LogP contribution in [0.3, 0.4) is 0 Å². The molecule has 19 heavy (non-hydrogen) atoms. The molecule has 0 aliphatic carbocycles. The predicted octanol–water partition coefficient (Wildman–Crippen LogP) is 1.04. The summed E-state index contributed by atoms with van der Waals surface area (Å²) in [6, 6.07) is 0. The van der Waals surface area contributed by atoms with Crippen molar-refractivity contribution in [2.45, 2.75) is 19.4 Å². The van der Waals surface area contributed by atoms with Gasteiger partial charge in [0.05, 0.1) is 23.7 Å². The molecule has 0 bridgehead atoms. The standard InChI is InChI=1S/C11H17N5O3/c1-11(2)6-19-5-4-15(11)10-8(16(17)18)9(12-3)13-7-14-10/h7H,4-6H2,1-3H3,(H,12,13,14). The first-order chi connectivity index (χ1) is 8.97. The minimum atomic E-state index is -0.452. The second-order valence-electron chi connectivity index (χ2n) is 4.92. The second kappa shape index (κ2) is 4.96. The molecule has 2 rings (SSSR count). The molecule has 1 aliphatic heterocycles. The van der Waals surface area contributed by atoms with Gasteiger partial charge in [0.15, 0.2) is 0 Å². The molecule has 0 radical (unpaired) electrons. The molecule has 1 aliphatic rings. The molecule has 8 nitrogen and oxygen atoms in total. The number of ether oxygens (including phenoxy) is 1. The Bertz CT molecular complexity index is 491. The van der Waals surface area contributed by atoms with E-state index in [1.807, 2.05) is 18.7 Å². The van der Waals surface area contributed by atoms with E-state index in [4.69, 9.17) is 4.74 Å². The Labute approximate surface area is 110 Å². The first-order valence-electron chi connectivity index (χ1n) is 6.00. The van der Waals surface area contributed by atoms with Crippen molar-refractivity contribution < 1.29 is 9.66 Å². The van der Waals surface area contributed by atoms with Crippen molar-refractivity contribution in [2.75, 3.05) is 37.0 Å². The second-order valence-corrected chi connectivity index (χ2v) is 4.92. The molecule has 1 N–H and O–H groups in total. The molecule has 8 heteroatoms. The van der Waals surface area contributed by atoms with Crippen LogP contribution in [0.4, 0.5) is 17.3 Å². The summed E-state index contributed by atoms with van der Waals surface area (Å²) in [5.74, 6) is 0.551. The first-order valence-corrected chi connectivity index (χ1v) is 6.00. The van der Waals surface area contributed by atoms with Crippen molar-refractivity contribution in [1.29, 1.82) is 0 Å². The normalized spacial score (nSPS) is 18.2. The Hall–Kier alpha value is -1.96. The maximum atomic E-state index is 11.3. The Morgan fingerprint density at radius 1 is 1.53 bits per heavy atom. The van der Waals surface area contributed by atoms with Gasteiger partial charge in [-0.2, -0.15) is 0 Å². The lowest BCUT2D eigenvalue weighted by molar-refractivity contribution is -0.383. The van der Waals surface area contributed by atoms with Crippen LogP contribution in [0.2, 0.25) is 0 Å². The van der Waals surface area contributed by atoms with Crippen molar-refractivity contribution in [2.24, 2.45) is 0 Å². The Balaban J connectivity index is 2.52. The van der Waals surface area contributed by atoms with E-state index in [1.54, 1.807) is 7.05 Å². The fourth-order valence-corrected chi connectivity index (χ4v) is 2.17. The maximum Gasteiger partial charge on any atom is 0.353 e. The van der Waals surface area contributed by atoms with Crippen LogP contribution in [0.15, 0.2) is 6.33 Å². The van der Waals surface area contributed by atoms with Gasteiger partial charge in [0.2, 0.25) is 11.6 Å². The number of anilines is 2. The van der Waals surface area contributed by atoms with Gasteiger partial charge in [-0.15, -0.1) is 0 Å². The number of hydrogen-bond donors (Lipinski definition) is 1. The highest BCUT2D eigenvalue weighted by Gasteiger charge is 2.37. The van der Waals surface area contributed by atoms with E-state index in [9.17, 15) is 10.1 Å². The van der Waals surface area contributed by atoms with Crippen LogP contribution < -0.4 is 10.2 Å². The molecule has 1 aromatic rings. The molecule has 104 valence electrons. The number of rotatable bonds is 3. The number of nitrogens with one attached hydrogen (secondary N) is 1. The molecule has 0 aromatic carbocycles. The van der Waals surface area contributed by atoms with Crippen molar-refractivity contribution in [3.05, 3.63) is 16.4 Å². The molecule has 1 saturated heterocycles. The highest BCUT2D eigenvalue weighted by Crippen LogP contribution is 2.35. The monoisotopic (exact) mass is 267 g/mol. The third-order valence-corrected chi connectivity index (χ3v) is 3.12.